The molecule has 4 rings (SSSR count). The summed E-state index contributed by atoms with van der Waals surface area (Å²) in [6.45, 7) is 0.213. The molecule has 2 bridgehead atoms. The molecule has 0 spiro atoms. The standard InChI is InChI=1S/C22H21F2NO3/c1-27-19-10-9-18(20(23)21(19)24)15-11-16-7-8-17(12-15)25(16)22(26)28-13-14-5-3-2-4-6-14/h2-6,9-11,16-17H,7-8,12-13H2,1H3. The molecule has 0 radical (unpaired) electrons. The van der Waals surface area contributed by atoms with Gasteiger partial charge in [0.2, 0.25) is 5.82 Å². The molecule has 2 unspecified atom stereocenters. The van der Waals surface area contributed by atoms with E-state index in [0.29, 0.717) is 6.42 Å². The van der Waals surface area contributed by atoms with E-state index in [0.717, 1.165) is 24.0 Å². The highest BCUT2D eigenvalue weighted by Crippen LogP contribution is 2.40. The van der Waals surface area contributed by atoms with Crippen LogP contribution in [-0.4, -0.2) is 30.2 Å². The number of halogens is 2. The molecule has 4 nitrogen and oxygen atoms in total. The van der Waals surface area contributed by atoms with E-state index in [9.17, 15) is 13.6 Å². The van der Waals surface area contributed by atoms with Gasteiger partial charge in [-0.05, 0) is 42.5 Å². The molecule has 1 saturated heterocycles. The van der Waals surface area contributed by atoms with Crippen molar-refractivity contribution in [2.45, 2.75) is 38.0 Å². The van der Waals surface area contributed by atoms with Gasteiger partial charge < -0.3 is 9.47 Å². The van der Waals surface area contributed by atoms with Crippen molar-refractivity contribution in [2.24, 2.45) is 0 Å². The first-order valence-electron chi connectivity index (χ1n) is 9.30. The van der Waals surface area contributed by atoms with Crippen LogP contribution in [0.3, 0.4) is 0 Å². The average molecular weight is 385 g/mol. The Morgan fingerprint density at radius 2 is 1.89 bits per heavy atom. The third-order valence-corrected chi connectivity index (χ3v) is 5.42. The molecule has 1 amide bonds. The summed E-state index contributed by atoms with van der Waals surface area (Å²) in [5, 5.41) is 0. The van der Waals surface area contributed by atoms with Crippen LogP contribution in [0.25, 0.3) is 5.57 Å². The van der Waals surface area contributed by atoms with Crippen molar-refractivity contribution >= 4 is 11.7 Å². The van der Waals surface area contributed by atoms with Gasteiger partial charge in [0.05, 0.1) is 13.2 Å². The number of carbonyl (C=O) groups excluding carboxylic acids is 1. The van der Waals surface area contributed by atoms with Crippen molar-refractivity contribution in [3.05, 3.63) is 71.3 Å². The van der Waals surface area contributed by atoms with Gasteiger partial charge in [-0.25, -0.2) is 9.18 Å². The van der Waals surface area contributed by atoms with Crippen LogP contribution in [0.15, 0.2) is 48.5 Å². The minimum Gasteiger partial charge on any atom is -0.494 e. The molecule has 0 aromatic heterocycles. The first-order chi connectivity index (χ1) is 13.6. The molecule has 0 N–H and O–H groups in total. The smallest absolute Gasteiger partial charge is 0.410 e. The van der Waals surface area contributed by atoms with Crippen LogP contribution in [0, 0.1) is 11.6 Å². The summed E-state index contributed by atoms with van der Waals surface area (Å²) >= 11 is 0. The van der Waals surface area contributed by atoms with Crippen LogP contribution in [0.4, 0.5) is 13.6 Å². The van der Waals surface area contributed by atoms with Crippen molar-refractivity contribution in [1.29, 1.82) is 0 Å². The van der Waals surface area contributed by atoms with E-state index in [1.165, 1.54) is 19.2 Å². The number of methoxy groups -OCH3 is 1. The molecule has 0 saturated carbocycles. The van der Waals surface area contributed by atoms with E-state index in [1.807, 2.05) is 36.4 Å². The predicted octanol–water partition coefficient (Wildman–Crippen LogP) is 4.93. The van der Waals surface area contributed by atoms with Crippen LogP contribution >= 0.6 is 0 Å². The SMILES string of the molecule is COc1ccc(C2=CC3CCC(C2)N3C(=O)OCc2ccccc2)c(F)c1F. The van der Waals surface area contributed by atoms with Gasteiger partial charge in [-0.3, -0.25) is 4.90 Å². The topological polar surface area (TPSA) is 38.8 Å². The Morgan fingerprint density at radius 1 is 1.11 bits per heavy atom. The number of fused-ring (bicyclic) bond motifs is 2. The maximum atomic E-state index is 14.5. The molecule has 2 aliphatic heterocycles. The van der Waals surface area contributed by atoms with Crippen LogP contribution in [0.5, 0.6) is 5.75 Å². The van der Waals surface area contributed by atoms with E-state index in [1.54, 1.807) is 4.90 Å². The van der Waals surface area contributed by atoms with Gasteiger partial charge in [0.1, 0.15) is 6.61 Å². The number of rotatable bonds is 4. The van der Waals surface area contributed by atoms with E-state index in [4.69, 9.17) is 9.47 Å². The molecular formula is C22H21F2NO3. The lowest BCUT2D eigenvalue weighted by Crippen LogP contribution is -2.43. The highest BCUT2D eigenvalue weighted by Gasteiger charge is 2.41. The molecule has 28 heavy (non-hydrogen) atoms. The number of hydrogen-bond acceptors (Lipinski definition) is 3. The number of benzene rings is 2. The Labute approximate surface area is 162 Å². The zero-order valence-electron chi connectivity index (χ0n) is 15.5. The highest BCUT2D eigenvalue weighted by molar-refractivity contribution is 5.75. The molecule has 2 aromatic rings. The van der Waals surface area contributed by atoms with Gasteiger partial charge in [-0.1, -0.05) is 36.4 Å². The summed E-state index contributed by atoms with van der Waals surface area (Å²) in [6, 6.07) is 12.2. The minimum absolute atomic E-state index is 0.0714. The highest BCUT2D eigenvalue weighted by atomic mass is 19.2. The van der Waals surface area contributed by atoms with Crippen LogP contribution in [-0.2, 0) is 11.3 Å². The van der Waals surface area contributed by atoms with Gasteiger partial charge in [0.15, 0.2) is 11.6 Å². The molecule has 146 valence electrons. The first kappa shape index (κ1) is 18.5. The van der Waals surface area contributed by atoms with Crippen LogP contribution in [0.1, 0.15) is 30.4 Å². The third kappa shape index (κ3) is 3.35. The fourth-order valence-corrected chi connectivity index (χ4v) is 4.05. The lowest BCUT2D eigenvalue weighted by Gasteiger charge is -2.33. The first-order valence-corrected chi connectivity index (χ1v) is 9.30. The maximum absolute atomic E-state index is 14.5. The minimum atomic E-state index is -0.988. The molecular weight excluding hydrogens is 364 g/mol. The summed E-state index contributed by atoms with van der Waals surface area (Å²) in [5.74, 6) is -2.02. The van der Waals surface area contributed by atoms with Crippen LogP contribution < -0.4 is 4.74 Å². The number of amides is 1. The van der Waals surface area contributed by atoms with E-state index < -0.39 is 11.6 Å². The van der Waals surface area contributed by atoms with Gasteiger partial charge in [0, 0.05) is 11.6 Å². The van der Waals surface area contributed by atoms with E-state index in [-0.39, 0.29) is 36.1 Å². The summed E-state index contributed by atoms with van der Waals surface area (Å²) in [5.41, 5.74) is 1.87. The lowest BCUT2D eigenvalue weighted by atomic mass is 9.94. The second-order valence-corrected chi connectivity index (χ2v) is 7.09. The zero-order chi connectivity index (χ0) is 19.7. The summed E-state index contributed by atoms with van der Waals surface area (Å²) in [7, 11) is 1.30. The van der Waals surface area contributed by atoms with Crippen molar-refractivity contribution in [3.63, 3.8) is 0 Å². The zero-order valence-corrected chi connectivity index (χ0v) is 15.5. The van der Waals surface area contributed by atoms with E-state index >= 15 is 0 Å². The molecule has 0 aliphatic carbocycles. The average Bonchev–Trinajstić information content (AvgIpc) is 2.99. The lowest BCUT2D eigenvalue weighted by molar-refractivity contribution is 0.0832. The van der Waals surface area contributed by atoms with E-state index in [2.05, 4.69) is 0 Å². The molecule has 1 fully saturated rings. The van der Waals surface area contributed by atoms with Crippen LogP contribution in [0.2, 0.25) is 0 Å². The Kier molecular flexibility index (Phi) is 5.03. The van der Waals surface area contributed by atoms with Gasteiger partial charge in [-0.2, -0.15) is 4.39 Å². The number of hydrogen-bond donors (Lipinski definition) is 0. The second-order valence-electron chi connectivity index (χ2n) is 7.09. The Bertz CT molecular complexity index is 913. The quantitative estimate of drug-likeness (QED) is 0.749. The molecule has 2 atom stereocenters. The largest absolute Gasteiger partial charge is 0.494 e. The van der Waals surface area contributed by atoms with Gasteiger partial charge in [0.25, 0.3) is 0 Å². The second kappa shape index (κ2) is 7.62. The fraction of sp³-hybridized carbons (Fsp3) is 0.318. The van der Waals surface area contributed by atoms with Crippen molar-refractivity contribution in [2.75, 3.05) is 7.11 Å². The molecule has 2 aromatic carbocycles. The summed E-state index contributed by atoms with van der Waals surface area (Å²) in [6.07, 6.45) is 3.56. The third-order valence-electron chi connectivity index (χ3n) is 5.42. The van der Waals surface area contributed by atoms with Crippen molar-refractivity contribution in [3.8, 4) is 5.75 Å². The van der Waals surface area contributed by atoms with Gasteiger partial charge in [-0.15, -0.1) is 0 Å². The number of carbonyl (C=O) groups is 1. The Balaban J connectivity index is 1.51. The Morgan fingerprint density at radius 3 is 2.61 bits per heavy atom. The Hall–Kier alpha value is -2.89. The molecule has 2 aliphatic rings. The van der Waals surface area contributed by atoms with Gasteiger partial charge >= 0.3 is 6.09 Å². The normalized spacial score (nSPS) is 20.7. The van der Waals surface area contributed by atoms with Crippen molar-refractivity contribution < 1.29 is 23.0 Å². The molecule has 2 heterocycles. The number of ether oxygens (including phenoxy) is 2. The van der Waals surface area contributed by atoms with Crippen molar-refractivity contribution in [1.82, 2.24) is 4.90 Å². The summed E-state index contributed by atoms with van der Waals surface area (Å²) < 4.78 is 38.9. The monoisotopic (exact) mass is 385 g/mol. The maximum Gasteiger partial charge on any atom is 0.410 e. The summed E-state index contributed by atoms with van der Waals surface area (Å²) in [4.78, 5) is 14.3. The number of nitrogens with zero attached hydrogens (tertiary/aromatic N) is 1. The fourth-order valence-electron chi connectivity index (χ4n) is 4.05. The molecule has 6 heteroatoms. The predicted molar refractivity (Wildman–Crippen MR) is 101 cm³/mol.